The van der Waals surface area contributed by atoms with Gasteiger partial charge in [0.2, 0.25) is 0 Å². The molecule has 1 amide bonds. The number of carbonyl (C=O) groups is 1. The maximum atomic E-state index is 12.1. The van der Waals surface area contributed by atoms with Crippen molar-refractivity contribution >= 4 is 27.1 Å². The Morgan fingerprint density at radius 3 is 2.48 bits per heavy atom. The van der Waals surface area contributed by atoms with Crippen molar-refractivity contribution in [3.63, 3.8) is 0 Å². The molecule has 2 rings (SSSR count). The number of anilines is 2. The van der Waals surface area contributed by atoms with Gasteiger partial charge in [0, 0.05) is 23.2 Å². The van der Waals surface area contributed by atoms with Gasteiger partial charge in [-0.2, -0.15) is 0 Å². The monoisotopic (exact) mass is 304 g/mol. The van der Waals surface area contributed by atoms with Gasteiger partial charge in [-0.3, -0.25) is 4.79 Å². The molecule has 0 saturated carbocycles. The molecule has 0 unspecified atom stereocenters. The predicted octanol–water partition coefficient (Wildman–Crippen LogP) is 2.23. The standard InChI is InChI=1S/C15H16N2O3S/c1-10-6-7-12(9-14(10)16)17-15(18)11-4-3-5-13(8-11)21(2,19)20/h3-9H,16H2,1-2H3,(H,17,18). The van der Waals surface area contributed by atoms with E-state index in [1.807, 2.05) is 6.92 Å². The first-order chi connectivity index (χ1) is 9.77. The molecule has 0 spiro atoms. The number of hydrogen-bond donors (Lipinski definition) is 2. The van der Waals surface area contributed by atoms with Crippen LogP contribution < -0.4 is 11.1 Å². The predicted molar refractivity (Wildman–Crippen MR) is 83.1 cm³/mol. The third kappa shape index (κ3) is 3.61. The third-order valence-electron chi connectivity index (χ3n) is 3.06. The van der Waals surface area contributed by atoms with E-state index in [1.165, 1.54) is 18.2 Å². The number of nitrogen functional groups attached to an aromatic ring is 1. The largest absolute Gasteiger partial charge is 0.398 e. The fourth-order valence-corrected chi connectivity index (χ4v) is 2.46. The number of nitrogens with two attached hydrogens (primary N) is 1. The Hall–Kier alpha value is -2.34. The first-order valence-electron chi connectivity index (χ1n) is 6.25. The molecule has 0 aliphatic rings. The van der Waals surface area contributed by atoms with Gasteiger partial charge in [0.25, 0.3) is 5.91 Å². The molecule has 0 aliphatic heterocycles. The highest BCUT2D eigenvalue weighted by atomic mass is 32.2. The van der Waals surface area contributed by atoms with E-state index in [-0.39, 0.29) is 16.4 Å². The molecule has 2 aromatic rings. The number of sulfone groups is 1. The molecule has 0 saturated heterocycles. The molecule has 0 radical (unpaired) electrons. The summed E-state index contributed by atoms with van der Waals surface area (Å²) in [6.45, 7) is 1.87. The Kier molecular flexibility index (Phi) is 3.99. The van der Waals surface area contributed by atoms with Gasteiger partial charge in [-0.15, -0.1) is 0 Å². The van der Waals surface area contributed by atoms with Crippen LogP contribution in [0, 0.1) is 6.92 Å². The minimum Gasteiger partial charge on any atom is -0.398 e. The summed E-state index contributed by atoms with van der Waals surface area (Å²) >= 11 is 0. The maximum Gasteiger partial charge on any atom is 0.255 e. The van der Waals surface area contributed by atoms with Gasteiger partial charge in [-0.05, 0) is 42.8 Å². The molecule has 0 atom stereocenters. The van der Waals surface area contributed by atoms with Crippen LogP contribution >= 0.6 is 0 Å². The van der Waals surface area contributed by atoms with Gasteiger partial charge in [0.15, 0.2) is 9.84 Å². The molecule has 21 heavy (non-hydrogen) atoms. The Bertz CT molecular complexity index is 798. The summed E-state index contributed by atoms with van der Waals surface area (Å²) in [5, 5.41) is 2.69. The van der Waals surface area contributed by atoms with Gasteiger partial charge >= 0.3 is 0 Å². The van der Waals surface area contributed by atoms with E-state index in [9.17, 15) is 13.2 Å². The highest BCUT2D eigenvalue weighted by molar-refractivity contribution is 7.90. The number of nitrogens with one attached hydrogen (secondary N) is 1. The quantitative estimate of drug-likeness (QED) is 0.851. The van der Waals surface area contributed by atoms with Crippen molar-refractivity contribution in [2.45, 2.75) is 11.8 Å². The fraction of sp³-hybridized carbons (Fsp3) is 0.133. The lowest BCUT2D eigenvalue weighted by Crippen LogP contribution is -2.13. The van der Waals surface area contributed by atoms with Crippen LogP contribution in [-0.2, 0) is 9.84 Å². The number of rotatable bonds is 3. The summed E-state index contributed by atoms with van der Waals surface area (Å²) in [6.07, 6.45) is 1.10. The fourth-order valence-electron chi connectivity index (χ4n) is 1.79. The summed E-state index contributed by atoms with van der Waals surface area (Å²) in [4.78, 5) is 12.3. The molecule has 3 N–H and O–H groups in total. The summed E-state index contributed by atoms with van der Waals surface area (Å²) in [5.74, 6) is -0.385. The van der Waals surface area contributed by atoms with E-state index in [4.69, 9.17) is 5.73 Å². The molecule has 0 fully saturated rings. The summed E-state index contributed by atoms with van der Waals surface area (Å²) in [6, 6.07) is 11.1. The van der Waals surface area contributed by atoms with Gasteiger partial charge in [-0.1, -0.05) is 12.1 Å². The van der Waals surface area contributed by atoms with Crippen molar-refractivity contribution in [3.8, 4) is 0 Å². The van der Waals surface area contributed by atoms with Crippen molar-refractivity contribution < 1.29 is 13.2 Å². The molecule has 5 nitrogen and oxygen atoms in total. The zero-order valence-corrected chi connectivity index (χ0v) is 12.6. The minimum absolute atomic E-state index is 0.110. The molecular formula is C15H16N2O3S. The second-order valence-corrected chi connectivity index (χ2v) is 6.84. The van der Waals surface area contributed by atoms with Crippen LogP contribution in [-0.4, -0.2) is 20.6 Å². The Labute approximate surface area is 123 Å². The van der Waals surface area contributed by atoms with E-state index >= 15 is 0 Å². The number of hydrogen-bond acceptors (Lipinski definition) is 4. The number of carbonyl (C=O) groups excluding carboxylic acids is 1. The molecule has 2 aromatic carbocycles. The van der Waals surface area contributed by atoms with Crippen LogP contribution in [0.4, 0.5) is 11.4 Å². The molecule has 0 heterocycles. The van der Waals surface area contributed by atoms with Gasteiger partial charge in [0.05, 0.1) is 4.90 Å². The highest BCUT2D eigenvalue weighted by Gasteiger charge is 2.12. The zero-order valence-electron chi connectivity index (χ0n) is 11.8. The van der Waals surface area contributed by atoms with E-state index in [0.29, 0.717) is 11.4 Å². The van der Waals surface area contributed by atoms with Crippen molar-refractivity contribution in [1.29, 1.82) is 0 Å². The smallest absolute Gasteiger partial charge is 0.255 e. The molecular weight excluding hydrogens is 288 g/mol. The topological polar surface area (TPSA) is 89.3 Å². The molecule has 110 valence electrons. The number of amides is 1. The minimum atomic E-state index is -3.34. The van der Waals surface area contributed by atoms with Crippen molar-refractivity contribution in [3.05, 3.63) is 53.6 Å². The van der Waals surface area contributed by atoms with E-state index < -0.39 is 9.84 Å². The van der Waals surface area contributed by atoms with E-state index in [2.05, 4.69) is 5.32 Å². The SMILES string of the molecule is Cc1ccc(NC(=O)c2cccc(S(C)(=O)=O)c2)cc1N. The molecule has 0 bridgehead atoms. The van der Waals surface area contributed by atoms with Crippen LogP contribution in [0.5, 0.6) is 0 Å². The van der Waals surface area contributed by atoms with Crippen molar-refractivity contribution in [2.24, 2.45) is 0 Å². The van der Waals surface area contributed by atoms with Gasteiger partial charge < -0.3 is 11.1 Å². The molecule has 0 aromatic heterocycles. The first kappa shape index (κ1) is 15.1. The first-order valence-corrected chi connectivity index (χ1v) is 8.14. The lowest BCUT2D eigenvalue weighted by molar-refractivity contribution is 0.102. The maximum absolute atomic E-state index is 12.1. The Morgan fingerprint density at radius 2 is 1.86 bits per heavy atom. The Morgan fingerprint density at radius 1 is 1.14 bits per heavy atom. The highest BCUT2D eigenvalue weighted by Crippen LogP contribution is 2.18. The van der Waals surface area contributed by atoms with Crippen LogP contribution in [0.25, 0.3) is 0 Å². The van der Waals surface area contributed by atoms with Crippen LogP contribution in [0.2, 0.25) is 0 Å². The third-order valence-corrected chi connectivity index (χ3v) is 4.17. The van der Waals surface area contributed by atoms with E-state index in [0.717, 1.165) is 11.8 Å². The number of aryl methyl sites for hydroxylation is 1. The average Bonchev–Trinajstić information content (AvgIpc) is 2.42. The summed E-state index contributed by atoms with van der Waals surface area (Å²) in [5.41, 5.74) is 8.13. The number of benzene rings is 2. The Balaban J connectivity index is 2.26. The van der Waals surface area contributed by atoms with Gasteiger partial charge in [0.1, 0.15) is 0 Å². The van der Waals surface area contributed by atoms with Crippen LogP contribution in [0.1, 0.15) is 15.9 Å². The average molecular weight is 304 g/mol. The lowest BCUT2D eigenvalue weighted by Gasteiger charge is -2.08. The molecule has 0 aliphatic carbocycles. The van der Waals surface area contributed by atoms with Crippen LogP contribution in [0.3, 0.4) is 0 Å². The van der Waals surface area contributed by atoms with Crippen LogP contribution in [0.15, 0.2) is 47.4 Å². The normalized spacial score (nSPS) is 11.1. The second kappa shape index (κ2) is 5.57. The second-order valence-electron chi connectivity index (χ2n) is 4.83. The summed E-state index contributed by atoms with van der Waals surface area (Å²) < 4.78 is 23.0. The zero-order chi connectivity index (χ0) is 15.6. The van der Waals surface area contributed by atoms with E-state index in [1.54, 1.807) is 24.3 Å². The summed E-state index contributed by atoms with van der Waals surface area (Å²) in [7, 11) is -3.34. The lowest BCUT2D eigenvalue weighted by atomic mass is 10.1. The van der Waals surface area contributed by atoms with Crippen molar-refractivity contribution in [1.82, 2.24) is 0 Å². The molecule has 6 heteroatoms. The van der Waals surface area contributed by atoms with Crippen molar-refractivity contribution in [2.75, 3.05) is 17.3 Å². The van der Waals surface area contributed by atoms with Gasteiger partial charge in [-0.25, -0.2) is 8.42 Å².